The minimum absolute atomic E-state index is 0.529. The van der Waals surface area contributed by atoms with E-state index in [2.05, 4.69) is 56.8 Å². The van der Waals surface area contributed by atoms with E-state index in [1.807, 2.05) is 12.1 Å². The summed E-state index contributed by atoms with van der Waals surface area (Å²) in [6, 6.07) is 10.2. The lowest BCUT2D eigenvalue weighted by molar-refractivity contribution is 0.185. The standard InChI is InChI=1S/C22H22ClN5OS/c1-14-4-5-17-12-18(20(23)25-19(17)15(14)2)13-30-22-27-26-21(28(22)10-11-29-3)16-6-8-24-9-7-16/h4-9,12H,10-11,13H2,1-3H3. The Morgan fingerprint density at radius 1 is 1.10 bits per heavy atom. The average molecular weight is 440 g/mol. The van der Waals surface area contributed by atoms with E-state index in [4.69, 9.17) is 16.3 Å². The average Bonchev–Trinajstić information content (AvgIpc) is 3.17. The van der Waals surface area contributed by atoms with Crippen molar-refractivity contribution < 1.29 is 4.74 Å². The molecule has 0 amide bonds. The van der Waals surface area contributed by atoms with E-state index >= 15 is 0 Å². The number of halogens is 1. The van der Waals surface area contributed by atoms with Gasteiger partial charge in [0.2, 0.25) is 0 Å². The number of aromatic nitrogens is 5. The van der Waals surface area contributed by atoms with Gasteiger partial charge in [-0.25, -0.2) is 4.98 Å². The molecule has 0 aliphatic heterocycles. The predicted molar refractivity (Wildman–Crippen MR) is 121 cm³/mol. The Balaban J connectivity index is 1.63. The molecule has 0 fully saturated rings. The lowest BCUT2D eigenvalue weighted by Gasteiger charge is -2.11. The topological polar surface area (TPSA) is 65.7 Å². The van der Waals surface area contributed by atoms with Gasteiger partial charge < -0.3 is 4.74 Å². The van der Waals surface area contributed by atoms with E-state index in [-0.39, 0.29) is 0 Å². The first-order valence-electron chi connectivity index (χ1n) is 9.59. The summed E-state index contributed by atoms with van der Waals surface area (Å²) in [4.78, 5) is 8.74. The van der Waals surface area contributed by atoms with Crippen LogP contribution in [0.4, 0.5) is 0 Å². The number of benzene rings is 1. The molecule has 0 aliphatic rings. The van der Waals surface area contributed by atoms with E-state index in [0.29, 0.717) is 24.1 Å². The van der Waals surface area contributed by atoms with Crippen LogP contribution in [0.3, 0.4) is 0 Å². The number of rotatable bonds is 7. The van der Waals surface area contributed by atoms with Crippen LogP contribution in [0.15, 0.2) is 47.9 Å². The lowest BCUT2D eigenvalue weighted by Crippen LogP contribution is -2.07. The van der Waals surface area contributed by atoms with Gasteiger partial charge in [-0.05, 0) is 43.2 Å². The minimum atomic E-state index is 0.529. The van der Waals surface area contributed by atoms with Gasteiger partial charge in [0, 0.05) is 41.8 Å². The van der Waals surface area contributed by atoms with Gasteiger partial charge in [0.15, 0.2) is 11.0 Å². The fourth-order valence-electron chi connectivity index (χ4n) is 3.24. The van der Waals surface area contributed by atoms with Crippen LogP contribution in [-0.4, -0.2) is 38.4 Å². The van der Waals surface area contributed by atoms with Gasteiger partial charge in [0.25, 0.3) is 0 Å². The van der Waals surface area contributed by atoms with Gasteiger partial charge in [-0.1, -0.05) is 35.5 Å². The van der Waals surface area contributed by atoms with Crippen molar-refractivity contribution in [1.82, 2.24) is 24.7 Å². The molecule has 8 heteroatoms. The second kappa shape index (κ2) is 9.12. The molecular formula is C22H22ClN5OS. The fraction of sp³-hybridized carbons (Fsp3) is 0.273. The highest BCUT2D eigenvalue weighted by Gasteiger charge is 2.16. The molecule has 0 radical (unpaired) electrons. The maximum Gasteiger partial charge on any atom is 0.191 e. The molecule has 4 rings (SSSR count). The van der Waals surface area contributed by atoms with Crippen molar-refractivity contribution in [3.63, 3.8) is 0 Å². The minimum Gasteiger partial charge on any atom is -0.383 e. The largest absolute Gasteiger partial charge is 0.383 e. The van der Waals surface area contributed by atoms with E-state index in [0.717, 1.165) is 38.6 Å². The summed E-state index contributed by atoms with van der Waals surface area (Å²) in [5.41, 5.74) is 5.27. The number of ether oxygens (including phenoxy) is 1. The van der Waals surface area contributed by atoms with Crippen molar-refractivity contribution in [2.45, 2.75) is 31.3 Å². The molecule has 30 heavy (non-hydrogen) atoms. The summed E-state index contributed by atoms with van der Waals surface area (Å²) in [6.45, 7) is 5.39. The molecule has 154 valence electrons. The lowest BCUT2D eigenvalue weighted by atomic mass is 10.0. The van der Waals surface area contributed by atoms with E-state index < -0.39 is 0 Å². The van der Waals surface area contributed by atoms with Gasteiger partial charge in [-0.3, -0.25) is 9.55 Å². The Kier molecular flexibility index (Phi) is 6.32. The highest BCUT2D eigenvalue weighted by atomic mass is 35.5. The molecular weight excluding hydrogens is 418 g/mol. The first-order chi connectivity index (χ1) is 14.6. The zero-order chi connectivity index (χ0) is 21.1. The van der Waals surface area contributed by atoms with Crippen molar-refractivity contribution in [3.05, 3.63) is 64.6 Å². The number of nitrogens with zero attached hydrogens (tertiary/aromatic N) is 5. The molecule has 3 aromatic heterocycles. The Hall–Kier alpha value is -2.48. The highest BCUT2D eigenvalue weighted by Crippen LogP contribution is 2.31. The predicted octanol–water partition coefficient (Wildman–Crippen LogP) is 5.10. The summed E-state index contributed by atoms with van der Waals surface area (Å²) in [5.74, 6) is 1.45. The molecule has 4 aromatic rings. The van der Waals surface area contributed by atoms with E-state index in [9.17, 15) is 0 Å². The third-order valence-corrected chi connectivity index (χ3v) is 6.41. The normalized spacial score (nSPS) is 11.3. The molecule has 6 nitrogen and oxygen atoms in total. The Morgan fingerprint density at radius 2 is 1.90 bits per heavy atom. The molecule has 0 bridgehead atoms. The summed E-state index contributed by atoms with van der Waals surface area (Å²) >= 11 is 8.11. The third kappa shape index (κ3) is 4.19. The Morgan fingerprint density at radius 3 is 2.67 bits per heavy atom. The molecule has 0 aliphatic carbocycles. The first-order valence-corrected chi connectivity index (χ1v) is 11.0. The first kappa shape index (κ1) is 20.8. The Labute approximate surface area is 184 Å². The van der Waals surface area contributed by atoms with Crippen molar-refractivity contribution in [2.75, 3.05) is 13.7 Å². The molecule has 0 spiro atoms. The third-order valence-electron chi connectivity index (χ3n) is 5.07. The number of methoxy groups -OCH3 is 1. The van der Waals surface area contributed by atoms with E-state index in [1.165, 1.54) is 5.56 Å². The Bertz CT molecular complexity index is 1180. The van der Waals surface area contributed by atoms with Gasteiger partial charge in [-0.2, -0.15) is 0 Å². The molecule has 3 heterocycles. The monoisotopic (exact) mass is 439 g/mol. The molecule has 0 saturated carbocycles. The van der Waals surface area contributed by atoms with Crippen LogP contribution in [0.25, 0.3) is 22.3 Å². The summed E-state index contributed by atoms with van der Waals surface area (Å²) < 4.78 is 7.35. The van der Waals surface area contributed by atoms with Gasteiger partial charge >= 0.3 is 0 Å². The summed E-state index contributed by atoms with van der Waals surface area (Å²) in [6.07, 6.45) is 3.50. The molecule has 0 saturated heterocycles. The zero-order valence-electron chi connectivity index (χ0n) is 17.1. The number of hydrogen-bond acceptors (Lipinski definition) is 6. The maximum atomic E-state index is 6.52. The van der Waals surface area contributed by atoms with Gasteiger partial charge in [0.1, 0.15) is 5.15 Å². The van der Waals surface area contributed by atoms with Gasteiger partial charge in [-0.15, -0.1) is 10.2 Å². The van der Waals surface area contributed by atoms with E-state index in [1.54, 1.807) is 31.3 Å². The quantitative estimate of drug-likeness (QED) is 0.295. The number of hydrogen-bond donors (Lipinski definition) is 0. The van der Waals surface area contributed by atoms with Crippen LogP contribution < -0.4 is 0 Å². The number of pyridine rings is 2. The number of thioether (sulfide) groups is 1. The summed E-state index contributed by atoms with van der Waals surface area (Å²) in [5, 5.41) is 11.3. The summed E-state index contributed by atoms with van der Waals surface area (Å²) in [7, 11) is 1.69. The van der Waals surface area contributed by atoms with Crippen LogP contribution in [0.2, 0.25) is 5.15 Å². The van der Waals surface area contributed by atoms with Crippen molar-refractivity contribution in [1.29, 1.82) is 0 Å². The maximum absolute atomic E-state index is 6.52. The van der Waals surface area contributed by atoms with Gasteiger partial charge in [0.05, 0.1) is 18.7 Å². The number of aryl methyl sites for hydroxylation is 2. The molecule has 0 atom stereocenters. The fourth-order valence-corrected chi connectivity index (χ4v) is 4.46. The molecule has 0 unspecified atom stereocenters. The highest BCUT2D eigenvalue weighted by molar-refractivity contribution is 7.98. The van der Waals surface area contributed by atoms with Crippen LogP contribution in [-0.2, 0) is 17.0 Å². The van der Waals surface area contributed by atoms with Crippen LogP contribution in [0.1, 0.15) is 16.7 Å². The van der Waals surface area contributed by atoms with Crippen molar-refractivity contribution in [3.8, 4) is 11.4 Å². The zero-order valence-corrected chi connectivity index (χ0v) is 18.7. The SMILES string of the molecule is COCCn1c(SCc2cc3ccc(C)c(C)c3nc2Cl)nnc1-c1ccncc1. The molecule has 0 N–H and O–H groups in total. The van der Waals surface area contributed by atoms with Crippen LogP contribution >= 0.6 is 23.4 Å². The van der Waals surface area contributed by atoms with Crippen LogP contribution in [0.5, 0.6) is 0 Å². The second-order valence-electron chi connectivity index (χ2n) is 6.99. The van der Waals surface area contributed by atoms with Crippen LogP contribution in [0, 0.1) is 13.8 Å². The molecule has 1 aromatic carbocycles. The second-order valence-corrected chi connectivity index (χ2v) is 8.29. The number of fused-ring (bicyclic) bond motifs is 1. The smallest absolute Gasteiger partial charge is 0.191 e. The van der Waals surface area contributed by atoms with Crippen molar-refractivity contribution in [2.24, 2.45) is 0 Å². The van der Waals surface area contributed by atoms with Crippen molar-refractivity contribution >= 4 is 34.3 Å².